The Balaban J connectivity index is 2.16. The van der Waals surface area contributed by atoms with Gasteiger partial charge in [-0.1, -0.05) is 12.1 Å². The number of benzene rings is 2. The van der Waals surface area contributed by atoms with Crippen molar-refractivity contribution in [1.29, 1.82) is 0 Å². The lowest BCUT2D eigenvalue weighted by Gasteiger charge is -2.10. The van der Waals surface area contributed by atoms with Crippen molar-refractivity contribution in [2.45, 2.75) is 12.8 Å². The van der Waals surface area contributed by atoms with E-state index in [4.69, 9.17) is 4.74 Å². The molecule has 8 nitrogen and oxygen atoms in total. The molecule has 0 saturated heterocycles. The molecule has 0 saturated carbocycles. The molecule has 0 unspecified atom stereocenters. The van der Waals surface area contributed by atoms with Crippen molar-refractivity contribution < 1.29 is 37.2 Å². The lowest BCUT2D eigenvalue weighted by molar-refractivity contribution is -0.385. The summed E-state index contributed by atoms with van der Waals surface area (Å²) in [6.07, 6.45) is -5.64. The highest BCUT2D eigenvalue weighted by Crippen LogP contribution is 2.33. The average molecular weight is 398 g/mol. The van der Waals surface area contributed by atoms with Crippen molar-refractivity contribution in [2.75, 3.05) is 12.4 Å². The number of amides is 1. The van der Waals surface area contributed by atoms with Crippen molar-refractivity contribution in [3.05, 3.63) is 69.3 Å². The summed E-state index contributed by atoms with van der Waals surface area (Å²) >= 11 is 0. The first-order chi connectivity index (χ1) is 13.1. The van der Waals surface area contributed by atoms with Crippen LogP contribution in [0.5, 0.6) is 0 Å². The second-order valence-corrected chi connectivity index (χ2v) is 5.38. The van der Waals surface area contributed by atoms with Crippen molar-refractivity contribution in [2.24, 2.45) is 0 Å². The molecule has 11 heteroatoms. The van der Waals surface area contributed by atoms with E-state index in [-0.39, 0.29) is 12.3 Å². The van der Waals surface area contributed by atoms with E-state index < -0.39 is 40.0 Å². The first-order valence-electron chi connectivity index (χ1n) is 7.58. The number of methoxy groups -OCH3 is 1. The summed E-state index contributed by atoms with van der Waals surface area (Å²) < 4.78 is 47.2. The number of carbonyl (C=O) groups is 2. The van der Waals surface area contributed by atoms with Crippen LogP contribution in [-0.2, 0) is 22.3 Å². The standard InChI is InChI=1S/C17H13F3N2O6/c1-27-16(24)28-9-10-2-5-12(6-3-10)21-15(23)13-7-4-11(17(18,19)20)8-14(13)22(25)26/h2-8H,9H2,1H3,(H,21,23). The van der Waals surface area contributed by atoms with E-state index in [1.54, 1.807) is 0 Å². The van der Waals surface area contributed by atoms with Crippen LogP contribution in [0.1, 0.15) is 21.5 Å². The molecular weight excluding hydrogens is 385 g/mol. The number of nitrogens with zero attached hydrogens (tertiary/aromatic N) is 1. The lowest BCUT2D eigenvalue weighted by Crippen LogP contribution is -2.15. The third kappa shape index (κ3) is 5.19. The normalized spacial score (nSPS) is 10.9. The van der Waals surface area contributed by atoms with Gasteiger partial charge < -0.3 is 14.8 Å². The Hall–Kier alpha value is -3.63. The highest BCUT2D eigenvalue weighted by Gasteiger charge is 2.34. The zero-order valence-electron chi connectivity index (χ0n) is 14.3. The maximum absolute atomic E-state index is 12.7. The van der Waals surface area contributed by atoms with Crippen LogP contribution in [0.15, 0.2) is 42.5 Å². The van der Waals surface area contributed by atoms with Gasteiger partial charge in [0.2, 0.25) is 0 Å². The third-order valence-electron chi connectivity index (χ3n) is 3.50. The van der Waals surface area contributed by atoms with Crippen LogP contribution in [-0.4, -0.2) is 24.1 Å². The number of hydrogen-bond acceptors (Lipinski definition) is 6. The molecule has 0 aromatic heterocycles. The summed E-state index contributed by atoms with van der Waals surface area (Å²) in [5.41, 5.74) is -1.90. The molecule has 28 heavy (non-hydrogen) atoms. The Kier molecular flexibility index (Phi) is 6.18. The number of anilines is 1. The number of rotatable bonds is 5. The molecule has 0 aliphatic rings. The summed E-state index contributed by atoms with van der Waals surface area (Å²) in [4.78, 5) is 33.2. The molecular formula is C17H13F3N2O6. The average Bonchev–Trinajstić information content (AvgIpc) is 2.65. The minimum Gasteiger partial charge on any atom is -0.438 e. The number of halogens is 3. The summed E-state index contributed by atoms with van der Waals surface area (Å²) in [5, 5.41) is 13.4. The zero-order chi connectivity index (χ0) is 20.9. The molecule has 2 aromatic carbocycles. The van der Waals surface area contributed by atoms with Crippen LogP contribution in [0.2, 0.25) is 0 Å². The monoisotopic (exact) mass is 398 g/mol. The van der Waals surface area contributed by atoms with Gasteiger partial charge in [-0.25, -0.2) is 4.79 Å². The molecule has 0 bridgehead atoms. The highest BCUT2D eigenvalue weighted by atomic mass is 19.4. The van der Waals surface area contributed by atoms with E-state index in [0.29, 0.717) is 17.7 Å². The van der Waals surface area contributed by atoms with E-state index >= 15 is 0 Å². The van der Waals surface area contributed by atoms with Gasteiger partial charge in [0.05, 0.1) is 17.6 Å². The minimum absolute atomic E-state index is 0.0781. The second kappa shape index (κ2) is 8.37. The predicted molar refractivity (Wildman–Crippen MR) is 89.7 cm³/mol. The van der Waals surface area contributed by atoms with E-state index in [1.807, 2.05) is 0 Å². The molecule has 1 N–H and O–H groups in total. The molecule has 2 aromatic rings. The van der Waals surface area contributed by atoms with E-state index in [9.17, 15) is 32.9 Å². The second-order valence-electron chi connectivity index (χ2n) is 5.38. The van der Waals surface area contributed by atoms with E-state index in [1.165, 1.54) is 24.3 Å². The van der Waals surface area contributed by atoms with Crippen molar-refractivity contribution in [1.82, 2.24) is 0 Å². The van der Waals surface area contributed by atoms with Gasteiger partial charge in [0.15, 0.2) is 0 Å². The summed E-state index contributed by atoms with van der Waals surface area (Å²) in [6, 6.07) is 7.54. The van der Waals surface area contributed by atoms with Crippen molar-refractivity contribution in [3.63, 3.8) is 0 Å². The largest absolute Gasteiger partial charge is 0.508 e. The SMILES string of the molecule is COC(=O)OCc1ccc(NC(=O)c2ccc(C(F)(F)F)cc2[N+](=O)[O-])cc1. The number of alkyl halides is 3. The van der Waals surface area contributed by atoms with Crippen LogP contribution in [0.4, 0.5) is 29.3 Å². The number of carbonyl (C=O) groups excluding carboxylic acids is 2. The number of ether oxygens (including phenoxy) is 2. The summed E-state index contributed by atoms with van der Waals surface area (Å²) in [5.74, 6) is -0.945. The minimum atomic E-state index is -4.78. The highest BCUT2D eigenvalue weighted by molar-refractivity contribution is 6.07. The van der Waals surface area contributed by atoms with Crippen LogP contribution in [0.3, 0.4) is 0 Å². The maximum Gasteiger partial charge on any atom is 0.508 e. The third-order valence-corrected chi connectivity index (χ3v) is 3.50. The van der Waals surface area contributed by atoms with E-state index in [2.05, 4.69) is 10.1 Å². The molecule has 148 valence electrons. The van der Waals surface area contributed by atoms with Crippen LogP contribution >= 0.6 is 0 Å². The predicted octanol–water partition coefficient (Wildman–Crippen LogP) is 4.15. The van der Waals surface area contributed by atoms with Crippen LogP contribution in [0.25, 0.3) is 0 Å². The summed E-state index contributed by atoms with van der Waals surface area (Å²) in [7, 11) is 1.15. The Morgan fingerprint density at radius 3 is 2.32 bits per heavy atom. The van der Waals surface area contributed by atoms with E-state index in [0.717, 1.165) is 13.2 Å². The summed E-state index contributed by atoms with van der Waals surface area (Å²) in [6.45, 7) is -0.0781. The number of hydrogen-bond donors (Lipinski definition) is 1. The molecule has 0 aliphatic heterocycles. The molecule has 0 fully saturated rings. The molecule has 1 amide bonds. The smallest absolute Gasteiger partial charge is 0.438 e. The maximum atomic E-state index is 12.7. The number of nitro benzene ring substituents is 1. The molecule has 0 radical (unpaired) electrons. The molecule has 2 rings (SSSR count). The zero-order valence-corrected chi connectivity index (χ0v) is 14.3. The van der Waals surface area contributed by atoms with Crippen LogP contribution < -0.4 is 5.32 Å². The fraction of sp³-hybridized carbons (Fsp3) is 0.176. The van der Waals surface area contributed by atoms with Gasteiger partial charge >= 0.3 is 12.3 Å². The first kappa shape index (κ1) is 20.7. The lowest BCUT2D eigenvalue weighted by atomic mass is 10.1. The Morgan fingerprint density at radius 1 is 1.14 bits per heavy atom. The molecule has 0 aliphatic carbocycles. The quantitative estimate of drug-likeness (QED) is 0.461. The molecule has 0 spiro atoms. The van der Waals surface area contributed by atoms with Crippen molar-refractivity contribution in [3.8, 4) is 0 Å². The fourth-order valence-electron chi connectivity index (χ4n) is 2.13. The topological polar surface area (TPSA) is 108 Å². The Morgan fingerprint density at radius 2 is 1.79 bits per heavy atom. The van der Waals surface area contributed by atoms with Crippen molar-refractivity contribution >= 4 is 23.4 Å². The fourth-order valence-corrected chi connectivity index (χ4v) is 2.13. The Labute approximate surface area is 156 Å². The van der Waals surface area contributed by atoms with Gasteiger partial charge in [0, 0.05) is 11.8 Å². The van der Waals surface area contributed by atoms with Gasteiger partial charge in [0.25, 0.3) is 11.6 Å². The molecule has 0 atom stereocenters. The van der Waals surface area contributed by atoms with Gasteiger partial charge in [-0.3, -0.25) is 14.9 Å². The first-order valence-corrected chi connectivity index (χ1v) is 7.58. The Bertz CT molecular complexity index is 897. The number of nitro groups is 1. The van der Waals surface area contributed by atoms with Gasteiger partial charge in [-0.05, 0) is 29.8 Å². The number of nitrogens with one attached hydrogen (secondary N) is 1. The van der Waals surface area contributed by atoms with Gasteiger partial charge in [0.1, 0.15) is 12.2 Å². The van der Waals surface area contributed by atoms with Gasteiger partial charge in [-0.2, -0.15) is 13.2 Å². The molecule has 0 heterocycles. The van der Waals surface area contributed by atoms with Gasteiger partial charge in [-0.15, -0.1) is 0 Å². The van der Waals surface area contributed by atoms with Crippen LogP contribution in [0, 0.1) is 10.1 Å².